The highest BCUT2D eigenvalue weighted by Crippen LogP contribution is 2.30. The monoisotopic (exact) mass is 270 g/mol. The van der Waals surface area contributed by atoms with Gasteiger partial charge in [-0.25, -0.2) is 0 Å². The molecule has 0 aromatic heterocycles. The maximum Gasteiger partial charge on any atom is 0.293 e. The molecule has 1 N–H and O–H groups in total. The molecule has 0 radical (unpaired) electrons. The van der Waals surface area contributed by atoms with Crippen LogP contribution in [0.25, 0.3) is 0 Å². The molecule has 5 heteroatoms. The molecule has 1 amide bonds. The molecule has 0 aliphatic heterocycles. The lowest BCUT2D eigenvalue weighted by atomic mass is 10.1. The van der Waals surface area contributed by atoms with Crippen molar-refractivity contribution in [1.82, 2.24) is 0 Å². The van der Waals surface area contributed by atoms with Crippen LogP contribution >= 0.6 is 0 Å². The van der Waals surface area contributed by atoms with Crippen molar-refractivity contribution in [3.8, 4) is 0 Å². The first-order chi connectivity index (χ1) is 9.50. The molecule has 0 saturated heterocycles. The van der Waals surface area contributed by atoms with E-state index in [1.807, 2.05) is 6.92 Å². The molecule has 0 saturated carbocycles. The molecule has 2 aromatic carbocycles. The van der Waals surface area contributed by atoms with Crippen LogP contribution in [0.2, 0.25) is 0 Å². The number of anilines is 1. The summed E-state index contributed by atoms with van der Waals surface area (Å²) in [6.07, 6.45) is 0. The molecule has 5 nitrogen and oxygen atoms in total. The second kappa shape index (κ2) is 5.52. The Morgan fingerprint density at radius 3 is 2.35 bits per heavy atom. The van der Waals surface area contributed by atoms with E-state index in [4.69, 9.17) is 0 Å². The third-order valence-corrected chi connectivity index (χ3v) is 3.19. The highest BCUT2D eigenvalue weighted by molar-refractivity contribution is 6.06. The lowest BCUT2D eigenvalue weighted by molar-refractivity contribution is -0.384. The molecule has 0 bridgehead atoms. The molecule has 20 heavy (non-hydrogen) atoms. The van der Waals surface area contributed by atoms with Gasteiger partial charge in [-0.2, -0.15) is 0 Å². The molecule has 2 aromatic rings. The van der Waals surface area contributed by atoms with Crippen molar-refractivity contribution in [3.63, 3.8) is 0 Å². The normalized spacial score (nSPS) is 10.1. The molecule has 102 valence electrons. The Morgan fingerprint density at radius 1 is 1.10 bits per heavy atom. The van der Waals surface area contributed by atoms with Crippen molar-refractivity contribution in [2.45, 2.75) is 13.8 Å². The molecular weight excluding hydrogens is 256 g/mol. The number of rotatable bonds is 3. The van der Waals surface area contributed by atoms with Crippen molar-refractivity contribution >= 4 is 17.3 Å². The number of amides is 1. The number of carbonyl (C=O) groups excluding carboxylic acids is 1. The summed E-state index contributed by atoms with van der Waals surface area (Å²) >= 11 is 0. The number of hydrogen-bond acceptors (Lipinski definition) is 3. The molecule has 0 atom stereocenters. The SMILES string of the molecule is Cc1ccc([N+](=O)[O-])c(NC(=O)c2ccccc2)c1C. The van der Waals surface area contributed by atoms with E-state index in [2.05, 4.69) is 5.32 Å². The summed E-state index contributed by atoms with van der Waals surface area (Å²) in [6, 6.07) is 11.7. The third kappa shape index (κ3) is 2.66. The van der Waals surface area contributed by atoms with E-state index in [0.717, 1.165) is 5.56 Å². The van der Waals surface area contributed by atoms with Gasteiger partial charge in [0.25, 0.3) is 11.6 Å². The minimum atomic E-state index is -0.493. The number of benzene rings is 2. The van der Waals surface area contributed by atoms with Crippen molar-refractivity contribution in [2.24, 2.45) is 0 Å². The summed E-state index contributed by atoms with van der Waals surface area (Å²) in [5.41, 5.74) is 2.20. The Balaban J connectivity index is 2.41. The van der Waals surface area contributed by atoms with Crippen LogP contribution in [-0.4, -0.2) is 10.8 Å². The molecular formula is C15H14N2O3. The van der Waals surface area contributed by atoms with E-state index in [1.165, 1.54) is 6.07 Å². The maximum absolute atomic E-state index is 12.1. The average molecular weight is 270 g/mol. The summed E-state index contributed by atoms with van der Waals surface area (Å²) < 4.78 is 0. The van der Waals surface area contributed by atoms with Gasteiger partial charge in [0.05, 0.1) is 4.92 Å². The Labute approximate surface area is 116 Å². The van der Waals surface area contributed by atoms with Gasteiger partial charge in [-0.05, 0) is 37.1 Å². The third-order valence-electron chi connectivity index (χ3n) is 3.19. The average Bonchev–Trinajstić information content (AvgIpc) is 2.44. The van der Waals surface area contributed by atoms with Crippen molar-refractivity contribution < 1.29 is 9.72 Å². The molecule has 0 spiro atoms. The number of carbonyl (C=O) groups is 1. The van der Waals surface area contributed by atoms with Gasteiger partial charge in [-0.1, -0.05) is 24.3 Å². The van der Waals surface area contributed by atoms with E-state index >= 15 is 0 Å². The fourth-order valence-corrected chi connectivity index (χ4v) is 1.89. The van der Waals surface area contributed by atoms with Crippen LogP contribution in [0.3, 0.4) is 0 Å². The number of nitrogens with zero attached hydrogens (tertiary/aromatic N) is 1. The second-order valence-corrected chi connectivity index (χ2v) is 4.48. The standard InChI is InChI=1S/C15H14N2O3/c1-10-8-9-13(17(19)20)14(11(10)2)16-15(18)12-6-4-3-5-7-12/h3-9H,1-2H3,(H,16,18). The van der Waals surface area contributed by atoms with Crippen LogP contribution in [0, 0.1) is 24.0 Å². The van der Waals surface area contributed by atoms with Crippen LogP contribution in [0.5, 0.6) is 0 Å². The number of nitro groups is 1. The Kier molecular flexibility index (Phi) is 3.79. The minimum absolute atomic E-state index is 0.0996. The number of aryl methyl sites for hydroxylation is 1. The Hall–Kier alpha value is -2.69. The Bertz CT molecular complexity index is 666. The van der Waals surface area contributed by atoms with E-state index in [-0.39, 0.29) is 17.3 Å². The Morgan fingerprint density at radius 2 is 1.75 bits per heavy atom. The molecule has 0 aliphatic rings. The van der Waals surface area contributed by atoms with Crippen LogP contribution < -0.4 is 5.32 Å². The zero-order valence-electron chi connectivity index (χ0n) is 11.2. The van der Waals surface area contributed by atoms with Gasteiger partial charge in [0.1, 0.15) is 5.69 Å². The topological polar surface area (TPSA) is 72.2 Å². The van der Waals surface area contributed by atoms with Crippen LogP contribution in [0.15, 0.2) is 42.5 Å². The number of nitro benzene ring substituents is 1. The first-order valence-electron chi connectivity index (χ1n) is 6.11. The summed E-state index contributed by atoms with van der Waals surface area (Å²) in [6.45, 7) is 3.60. The van der Waals surface area contributed by atoms with Gasteiger partial charge in [0.2, 0.25) is 0 Å². The van der Waals surface area contributed by atoms with Gasteiger partial charge in [-0.15, -0.1) is 0 Å². The maximum atomic E-state index is 12.1. The van der Waals surface area contributed by atoms with Crippen molar-refractivity contribution in [3.05, 3.63) is 69.3 Å². The summed E-state index contributed by atoms with van der Waals surface area (Å²) in [5, 5.41) is 13.7. The number of hydrogen-bond donors (Lipinski definition) is 1. The van der Waals surface area contributed by atoms with E-state index in [1.54, 1.807) is 43.3 Å². The summed E-state index contributed by atoms with van der Waals surface area (Å²) in [5.74, 6) is -0.359. The predicted molar refractivity (Wildman–Crippen MR) is 77.0 cm³/mol. The van der Waals surface area contributed by atoms with Crippen LogP contribution in [-0.2, 0) is 0 Å². The minimum Gasteiger partial charge on any atom is -0.316 e. The zero-order valence-corrected chi connectivity index (χ0v) is 11.2. The van der Waals surface area contributed by atoms with Gasteiger partial charge in [-0.3, -0.25) is 14.9 Å². The fourth-order valence-electron chi connectivity index (χ4n) is 1.89. The van der Waals surface area contributed by atoms with Crippen LogP contribution in [0.4, 0.5) is 11.4 Å². The lowest BCUT2D eigenvalue weighted by Gasteiger charge is -2.11. The van der Waals surface area contributed by atoms with E-state index in [9.17, 15) is 14.9 Å². The molecule has 0 aliphatic carbocycles. The highest BCUT2D eigenvalue weighted by atomic mass is 16.6. The molecule has 0 fully saturated rings. The molecule has 0 unspecified atom stereocenters. The van der Waals surface area contributed by atoms with Gasteiger partial charge in [0.15, 0.2) is 0 Å². The van der Waals surface area contributed by atoms with Gasteiger partial charge < -0.3 is 5.32 Å². The van der Waals surface area contributed by atoms with Crippen molar-refractivity contribution in [1.29, 1.82) is 0 Å². The predicted octanol–water partition coefficient (Wildman–Crippen LogP) is 3.46. The largest absolute Gasteiger partial charge is 0.316 e. The van der Waals surface area contributed by atoms with Crippen LogP contribution in [0.1, 0.15) is 21.5 Å². The fraction of sp³-hybridized carbons (Fsp3) is 0.133. The zero-order chi connectivity index (χ0) is 14.7. The summed E-state index contributed by atoms with van der Waals surface area (Å²) in [4.78, 5) is 22.7. The lowest BCUT2D eigenvalue weighted by Crippen LogP contribution is -2.14. The quantitative estimate of drug-likeness (QED) is 0.685. The first kappa shape index (κ1) is 13.7. The second-order valence-electron chi connectivity index (χ2n) is 4.48. The highest BCUT2D eigenvalue weighted by Gasteiger charge is 2.19. The van der Waals surface area contributed by atoms with Crippen molar-refractivity contribution in [2.75, 3.05) is 5.32 Å². The molecule has 2 rings (SSSR count). The van der Waals surface area contributed by atoms with Gasteiger partial charge in [0, 0.05) is 11.6 Å². The summed E-state index contributed by atoms with van der Waals surface area (Å²) in [7, 11) is 0. The first-order valence-corrected chi connectivity index (χ1v) is 6.11. The van der Waals surface area contributed by atoms with E-state index in [0.29, 0.717) is 11.1 Å². The van der Waals surface area contributed by atoms with Gasteiger partial charge >= 0.3 is 0 Å². The molecule has 0 heterocycles. The van der Waals surface area contributed by atoms with E-state index < -0.39 is 4.92 Å². The smallest absolute Gasteiger partial charge is 0.293 e. The number of nitrogens with one attached hydrogen (secondary N) is 1.